The first-order valence-electron chi connectivity index (χ1n) is 10.1. The van der Waals surface area contributed by atoms with Crippen molar-refractivity contribution in [3.8, 4) is 0 Å². The number of hydrogen-bond donors (Lipinski definition) is 1. The van der Waals surface area contributed by atoms with Crippen LogP contribution in [0.15, 0.2) is 23.1 Å². The van der Waals surface area contributed by atoms with E-state index in [4.69, 9.17) is 16.3 Å². The van der Waals surface area contributed by atoms with Crippen LogP contribution in [-0.2, 0) is 11.3 Å². The highest BCUT2D eigenvalue weighted by atomic mass is 35.5. The molecule has 2 aromatic heterocycles. The quantitative estimate of drug-likeness (QED) is 0.828. The molecule has 1 amide bonds. The van der Waals surface area contributed by atoms with Gasteiger partial charge in [-0.25, -0.2) is 4.79 Å². The van der Waals surface area contributed by atoms with Crippen molar-refractivity contribution in [1.82, 2.24) is 19.8 Å². The normalized spacial score (nSPS) is 20.2. The van der Waals surface area contributed by atoms with Gasteiger partial charge in [0.15, 0.2) is 0 Å². The van der Waals surface area contributed by atoms with Crippen molar-refractivity contribution in [2.75, 3.05) is 19.6 Å². The SMILES string of the molecule is CC(C)(C)OC(=O)NC1CCN(CC2Cn3c(=O)ccc4ncc(Cl)c2c43)CC1. The molecule has 1 saturated heterocycles. The van der Waals surface area contributed by atoms with E-state index in [9.17, 15) is 9.59 Å². The molecule has 0 saturated carbocycles. The van der Waals surface area contributed by atoms with Gasteiger partial charge in [0, 0.05) is 56.0 Å². The van der Waals surface area contributed by atoms with Gasteiger partial charge in [0.1, 0.15) is 5.60 Å². The monoisotopic (exact) mass is 418 g/mol. The number of hydrogen-bond acceptors (Lipinski definition) is 5. The van der Waals surface area contributed by atoms with Gasteiger partial charge < -0.3 is 19.5 Å². The lowest BCUT2D eigenvalue weighted by Crippen LogP contribution is -2.46. The van der Waals surface area contributed by atoms with Gasteiger partial charge in [0.25, 0.3) is 5.56 Å². The van der Waals surface area contributed by atoms with Crippen LogP contribution in [0.3, 0.4) is 0 Å². The number of piperidine rings is 1. The zero-order valence-corrected chi connectivity index (χ0v) is 17.8. The number of ether oxygens (including phenoxy) is 1. The zero-order valence-electron chi connectivity index (χ0n) is 17.1. The minimum absolute atomic E-state index is 0.00872. The van der Waals surface area contributed by atoms with E-state index in [0.29, 0.717) is 11.6 Å². The topological polar surface area (TPSA) is 76.5 Å². The minimum Gasteiger partial charge on any atom is -0.444 e. The highest BCUT2D eigenvalue weighted by molar-refractivity contribution is 6.32. The Morgan fingerprint density at radius 2 is 2.03 bits per heavy atom. The molecule has 8 heteroatoms. The highest BCUT2D eigenvalue weighted by Crippen LogP contribution is 2.37. The Balaban J connectivity index is 1.39. The molecule has 2 aliphatic heterocycles. The first-order chi connectivity index (χ1) is 13.7. The summed E-state index contributed by atoms with van der Waals surface area (Å²) in [5.74, 6) is 0.165. The number of halogens is 1. The third-order valence-corrected chi connectivity index (χ3v) is 5.89. The van der Waals surface area contributed by atoms with E-state index in [1.165, 1.54) is 0 Å². The largest absolute Gasteiger partial charge is 0.444 e. The molecular formula is C21H27ClN4O3. The number of rotatable bonds is 3. The van der Waals surface area contributed by atoms with Crippen LogP contribution in [0, 0.1) is 0 Å². The molecule has 0 spiro atoms. The van der Waals surface area contributed by atoms with Gasteiger partial charge in [-0.1, -0.05) is 11.6 Å². The predicted molar refractivity (Wildman–Crippen MR) is 113 cm³/mol. The Morgan fingerprint density at radius 1 is 1.31 bits per heavy atom. The van der Waals surface area contributed by atoms with Crippen LogP contribution in [0.25, 0.3) is 11.0 Å². The van der Waals surface area contributed by atoms with Crippen LogP contribution in [0.4, 0.5) is 4.79 Å². The van der Waals surface area contributed by atoms with E-state index < -0.39 is 5.60 Å². The summed E-state index contributed by atoms with van der Waals surface area (Å²) in [6.07, 6.45) is 3.08. The van der Waals surface area contributed by atoms with Crippen LogP contribution in [0.1, 0.15) is 45.1 Å². The second kappa shape index (κ2) is 7.61. The molecule has 1 unspecified atom stereocenters. The summed E-state index contributed by atoms with van der Waals surface area (Å²) in [6, 6.07) is 3.47. The maximum absolute atomic E-state index is 12.3. The molecule has 4 rings (SSSR count). The summed E-state index contributed by atoms with van der Waals surface area (Å²) in [6.45, 7) is 8.82. The molecule has 0 bridgehead atoms. The van der Waals surface area contributed by atoms with Crippen LogP contribution in [-0.4, -0.2) is 51.8 Å². The van der Waals surface area contributed by atoms with Gasteiger partial charge in [0.05, 0.1) is 16.1 Å². The van der Waals surface area contributed by atoms with E-state index in [1.807, 2.05) is 20.8 Å². The number of likely N-dealkylation sites (tertiary alicyclic amines) is 1. The fourth-order valence-electron chi connectivity index (χ4n) is 4.34. The number of carbonyl (C=O) groups excluding carboxylic acids is 1. The molecule has 0 radical (unpaired) electrons. The van der Waals surface area contributed by atoms with E-state index in [-0.39, 0.29) is 23.6 Å². The number of amides is 1. The average molecular weight is 419 g/mol. The van der Waals surface area contributed by atoms with E-state index in [0.717, 1.165) is 49.1 Å². The van der Waals surface area contributed by atoms with Crippen molar-refractivity contribution in [3.05, 3.63) is 39.3 Å². The van der Waals surface area contributed by atoms with Gasteiger partial charge in [0.2, 0.25) is 0 Å². The summed E-state index contributed by atoms with van der Waals surface area (Å²) >= 11 is 6.48. The number of nitrogens with zero attached hydrogens (tertiary/aromatic N) is 3. The molecule has 7 nitrogen and oxygen atoms in total. The van der Waals surface area contributed by atoms with E-state index in [1.54, 1.807) is 22.9 Å². The van der Waals surface area contributed by atoms with Crippen molar-refractivity contribution in [1.29, 1.82) is 0 Å². The summed E-state index contributed by atoms with van der Waals surface area (Å²) in [4.78, 5) is 31.1. The van der Waals surface area contributed by atoms with Crippen molar-refractivity contribution in [2.45, 2.75) is 57.7 Å². The molecule has 2 aliphatic rings. The van der Waals surface area contributed by atoms with Gasteiger partial charge in [-0.2, -0.15) is 0 Å². The molecule has 2 aromatic rings. The Kier molecular flexibility index (Phi) is 5.29. The van der Waals surface area contributed by atoms with Crippen molar-refractivity contribution in [2.24, 2.45) is 0 Å². The molecule has 1 atom stereocenters. The lowest BCUT2D eigenvalue weighted by atomic mass is 9.98. The number of aromatic nitrogens is 2. The number of carbonyl (C=O) groups is 1. The van der Waals surface area contributed by atoms with Crippen molar-refractivity contribution < 1.29 is 9.53 Å². The molecule has 156 valence electrons. The second-order valence-corrected chi connectivity index (χ2v) is 9.36. The third kappa shape index (κ3) is 4.26. The predicted octanol–water partition coefficient (Wildman–Crippen LogP) is 3.14. The molecule has 0 aliphatic carbocycles. The fraction of sp³-hybridized carbons (Fsp3) is 0.571. The standard InChI is InChI=1S/C21H27ClN4O3/c1-21(2,3)29-20(28)24-14-6-8-25(9-7-14)11-13-12-26-17(27)5-4-16-19(26)18(13)15(22)10-23-16/h4-5,10,13-14H,6-9,11-12H2,1-3H3,(H,24,28). The van der Waals surface area contributed by atoms with Gasteiger partial charge in [-0.15, -0.1) is 0 Å². The summed E-state index contributed by atoms with van der Waals surface area (Å²) in [5.41, 5.74) is 2.22. The Labute approximate surface area is 175 Å². The van der Waals surface area contributed by atoms with Crippen LogP contribution >= 0.6 is 11.6 Å². The van der Waals surface area contributed by atoms with Crippen molar-refractivity contribution >= 4 is 28.7 Å². The number of pyridine rings is 2. The fourth-order valence-corrected chi connectivity index (χ4v) is 4.63. The van der Waals surface area contributed by atoms with Crippen LogP contribution in [0.5, 0.6) is 0 Å². The number of nitrogens with one attached hydrogen (secondary N) is 1. The average Bonchev–Trinajstić information content (AvgIpc) is 3.01. The van der Waals surface area contributed by atoms with Crippen LogP contribution in [0.2, 0.25) is 5.02 Å². The van der Waals surface area contributed by atoms with E-state index in [2.05, 4.69) is 15.2 Å². The lowest BCUT2D eigenvalue weighted by molar-refractivity contribution is 0.0477. The zero-order chi connectivity index (χ0) is 20.8. The first kappa shape index (κ1) is 20.2. The molecule has 0 aromatic carbocycles. The molecule has 4 heterocycles. The molecule has 1 fully saturated rings. The molecular weight excluding hydrogens is 392 g/mol. The number of alkyl carbamates (subject to hydrolysis) is 1. The van der Waals surface area contributed by atoms with E-state index >= 15 is 0 Å². The Hall–Kier alpha value is -2.12. The molecule has 1 N–H and O–H groups in total. The maximum atomic E-state index is 12.3. The maximum Gasteiger partial charge on any atom is 0.407 e. The summed E-state index contributed by atoms with van der Waals surface area (Å²) < 4.78 is 7.15. The Bertz CT molecular complexity index is 990. The lowest BCUT2D eigenvalue weighted by Gasteiger charge is -2.34. The van der Waals surface area contributed by atoms with Crippen molar-refractivity contribution in [3.63, 3.8) is 0 Å². The summed E-state index contributed by atoms with van der Waals surface area (Å²) in [7, 11) is 0. The van der Waals surface area contributed by atoms with Gasteiger partial charge in [-0.3, -0.25) is 9.78 Å². The van der Waals surface area contributed by atoms with Gasteiger partial charge in [-0.05, 0) is 39.7 Å². The van der Waals surface area contributed by atoms with Crippen LogP contribution < -0.4 is 10.9 Å². The van der Waals surface area contributed by atoms with Gasteiger partial charge >= 0.3 is 6.09 Å². The second-order valence-electron chi connectivity index (χ2n) is 8.95. The highest BCUT2D eigenvalue weighted by Gasteiger charge is 2.31. The Morgan fingerprint density at radius 3 is 2.72 bits per heavy atom. The molecule has 29 heavy (non-hydrogen) atoms. The first-order valence-corrected chi connectivity index (χ1v) is 10.5. The summed E-state index contributed by atoms with van der Waals surface area (Å²) in [5, 5.41) is 3.60. The third-order valence-electron chi connectivity index (χ3n) is 5.59. The smallest absolute Gasteiger partial charge is 0.407 e. The minimum atomic E-state index is -0.491.